The topological polar surface area (TPSA) is 56.7 Å². The largest absolute Gasteiger partial charge is 0.365 e. The van der Waals surface area contributed by atoms with Gasteiger partial charge in [-0.05, 0) is 44.2 Å². The van der Waals surface area contributed by atoms with Crippen LogP contribution in [0.5, 0.6) is 0 Å². The van der Waals surface area contributed by atoms with Crippen LogP contribution in [0.4, 0.5) is 0 Å². The van der Waals surface area contributed by atoms with Crippen LogP contribution in [-0.2, 0) is 0 Å². The molecule has 0 aliphatic carbocycles. The molecule has 0 unspecified atom stereocenters. The first-order valence-corrected chi connectivity index (χ1v) is 10.8. The van der Waals surface area contributed by atoms with Crippen LogP contribution in [0.3, 0.4) is 0 Å². The third kappa shape index (κ3) is 8.56. The third-order valence-electron chi connectivity index (χ3n) is 4.24. The van der Waals surface area contributed by atoms with Crippen molar-refractivity contribution >= 4 is 11.0 Å². The molecule has 0 bridgehead atoms. The van der Waals surface area contributed by atoms with Gasteiger partial charge in [0.1, 0.15) is 12.1 Å². The monoisotopic (exact) mass is 428 g/mol. The number of imidazole rings is 1. The quantitative estimate of drug-likeness (QED) is 0.299. The predicted octanol–water partition coefficient (Wildman–Crippen LogP) is 7.18. The van der Waals surface area contributed by atoms with Crippen LogP contribution in [0.25, 0.3) is 11.0 Å². The van der Waals surface area contributed by atoms with Crippen molar-refractivity contribution in [1.82, 2.24) is 19.7 Å². The maximum Gasteiger partial charge on any atom is 0.123 e. The normalized spacial score (nSPS) is 9.81. The van der Waals surface area contributed by atoms with Crippen molar-refractivity contribution in [1.29, 1.82) is 0 Å². The second-order valence-corrected chi connectivity index (χ2v) is 7.44. The molecule has 5 nitrogen and oxygen atoms in total. The summed E-state index contributed by atoms with van der Waals surface area (Å²) in [7, 11) is 0. The molecule has 0 aliphatic rings. The van der Waals surface area contributed by atoms with Gasteiger partial charge in [0.2, 0.25) is 0 Å². The highest BCUT2D eigenvalue weighted by atomic mass is 16.5. The molecule has 0 N–H and O–H groups in total. The van der Waals surface area contributed by atoms with Gasteiger partial charge in [0, 0.05) is 24.4 Å². The van der Waals surface area contributed by atoms with E-state index in [1.165, 1.54) is 17.6 Å². The van der Waals surface area contributed by atoms with E-state index in [9.17, 15) is 0 Å². The molecule has 2 aromatic carbocycles. The Morgan fingerprint density at radius 1 is 0.688 bits per heavy atom. The summed E-state index contributed by atoms with van der Waals surface area (Å²) in [6.07, 6.45) is 6.60. The average Bonchev–Trinajstić information content (AvgIpc) is 3.54. The molecule has 3 aromatic heterocycles. The third-order valence-corrected chi connectivity index (χ3v) is 4.24. The lowest BCUT2D eigenvalue weighted by Crippen LogP contribution is -2.07. The Balaban J connectivity index is 0.000000175. The lowest BCUT2D eigenvalue weighted by Gasteiger charge is -2.14. The summed E-state index contributed by atoms with van der Waals surface area (Å²) in [6, 6.07) is 28.3. The molecule has 5 heteroatoms. The smallest absolute Gasteiger partial charge is 0.123 e. The van der Waals surface area contributed by atoms with E-state index in [4.69, 9.17) is 4.98 Å². The highest BCUT2D eigenvalue weighted by molar-refractivity contribution is 5.76. The van der Waals surface area contributed by atoms with Crippen molar-refractivity contribution in [2.45, 2.75) is 39.7 Å². The number of hydrogen-bond donors (Lipinski definition) is 0. The van der Waals surface area contributed by atoms with Crippen molar-refractivity contribution < 1.29 is 4.52 Å². The zero-order chi connectivity index (χ0) is 23.0. The molecule has 3 heterocycles. The van der Waals surface area contributed by atoms with Gasteiger partial charge in [0.15, 0.2) is 0 Å². The first-order valence-electron chi connectivity index (χ1n) is 10.8. The maximum atomic E-state index is 4.70. The van der Waals surface area contributed by atoms with E-state index in [0.717, 1.165) is 5.52 Å². The second-order valence-electron chi connectivity index (χ2n) is 7.44. The summed E-state index contributed by atoms with van der Waals surface area (Å²) in [6.45, 7) is 8.81. The van der Waals surface area contributed by atoms with Gasteiger partial charge >= 0.3 is 0 Å². The number of rotatable bonds is 2. The second kappa shape index (κ2) is 14.3. The fourth-order valence-corrected chi connectivity index (χ4v) is 2.89. The molecule has 0 saturated carbocycles. The first-order chi connectivity index (χ1) is 15.6. The van der Waals surface area contributed by atoms with E-state index in [-0.39, 0.29) is 0 Å². The number of hydrogen-bond acceptors (Lipinski definition) is 4. The number of nitrogens with zero attached hydrogens (tertiary/aromatic N) is 4. The van der Waals surface area contributed by atoms with Gasteiger partial charge in [0.05, 0.1) is 17.2 Å². The first kappa shape index (κ1) is 24.5. The van der Waals surface area contributed by atoms with Crippen molar-refractivity contribution in [3.63, 3.8) is 0 Å². The van der Waals surface area contributed by atoms with Crippen molar-refractivity contribution in [2.24, 2.45) is 0 Å². The molecule has 0 amide bonds. The molecular weight excluding hydrogens is 396 g/mol. The Kier molecular flexibility index (Phi) is 11.0. The summed E-state index contributed by atoms with van der Waals surface area (Å²) in [5, 5.41) is 3.35. The number of benzene rings is 2. The van der Waals surface area contributed by atoms with E-state index < -0.39 is 0 Å². The number of para-hydroxylation sites is 2. The molecule has 166 valence electrons. The molecule has 0 fully saturated rings. The van der Waals surface area contributed by atoms with Crippen LogP contribution in [0.1, 0.15) is 45.5 Å². The Morgan fingerprint density at radius 3 is 1.66 bits per heavy atom. The Labute approximate surface area is 190 Å². The fraction of sp³-hybridized carbons (Fsp3) is 0.222. The van der Waals surface area contributed by atoms with Crippen LogP contribution < -0.4 is 0 Å². The average molecular weight is 429 g/mol. The molecule has 0 aliphatic heterocycles. The van der Waals surface area contributed by atoms with Crippen LogP contribution in [0.15, 0.2) is 114 Å². The van der Waals surface area contributed by atoms with Gasteiger partial charge in [-0.1, -0.05) is 73.6 Å². The van der Waals surface area contributed by atoms with Gasteiger partial charge in [-0.3, -0.25) is 4.98 Å². The molecule has 0 saturated heterocycles. The van der Waals surface area contributed by atoms with E-state index in [2.05, 4.69) is 65.1 Å². The molecule has 0 spiro atoms. The minimum Gasteiger partial charge on any atom is -0.365 e. The lowest BCUT2D eigenvalue weighted by atomic mass is 10.2. The van der Waals surface area contributed by atoms with Crippen LogP contribution in [0.2, 0.25) is 0 Å². The van der Waals surface area contributed by atoms with Crippen LogP contribution >= 0.6 is 0 Å². The fourth-order valence-electron chi connectivity index (χ4n) is 2.89. The summed E-state index contributed by atoms with van der Waals surface area (Å²) >= 11 is 0. The van der Waals surface area contributed by atoms with Gasteiger partial charge in [-0.15, -0.1) is 0 Å². The Hall–Kier alpha value is -3.73. The standard InChI is InChI=1S/C13H18N2.C6H6.C5H5N.C3H3NO/c1-9(2)13-14-11-7-5-6-8-12(11)15(13)10(3)4;2*1-2-4-6-5-3-1;1-2-4-5-3-1/h5-10H,1-4H3;1-6H;1-5H;1-3H. The molecule has 32 heavy (non-hydrogen) atoms. The Morgan fingerprint density at radius 2 is 1.28 bits per heavy atom. The molecule has 5 rings (SSSR count). The zero-order valence-electron chi connectivity index (χ0n) is 19.2. The molecule has 0 radical (unpaired) electrons. The Bertz CT molecular complexity index is 971. The lowest BCUT2D eigenvalue weighted by molar-refractivity contribution is 0.420. The highest BCUT2D eigenvalue weighted by Crippen LogP contribution is 2.25. The van der Waals surface area contributed by atoms with Crippen molar-refractivity contribution in [3.8, 4) is 0 Å². The van der Waals surface area contributed by atoms with E-state index >= 15 is 0 Å². The number of aromatic nitrogens is 4. The van der Waals surface area contributed by atoms with E-state index in [1.54, 1.807) is 24.7 Å². The van der Waals surface area contributed by atoms with Gasteiger partial charge in [0.25, 0.3) is 0 Å². The van der Waals surface area contributed by atoms with Gasteiger partial charge in [-0.25, -0.2) is 4.98 Å². The number of fused-ring (bicyclic) bond motifs is 1. The van der Waals surface area contributed by atoms with E-state index in [1.807, 2.05) is 60.7 Å². The van der Waals surface area contributed by atoms with Crippen molar-refractivity contribution in [2.75, 3.05) is 0 Å². The van der Waals surface area contributed by atoms with E-state index in [0.29, 0.717) is 12.0 Å². The molecule has 5 aromatic rings. The van der Waals surface area contributed by atoms with Crippen molar-refractivity contribution in [3.05, 3.63) is 116 Å². The van der Waals surface area contributed by atoms with Crippen LogP contribution in [0, 0.1) is 0 Å². The molecular formula is C27H32N4O. The maximum absolute atomic E-state index is 4.70. The SMILES string of the molecule is CC(C)c1nc2ccccc2n1C(C)C.c1ccccc1.c1ccncc1.c1cnoc1. The zero-order valence-corrected chi connectivity index (χ0v) is 19.2. The molecule has 0 atom stereocenters. The predicted molar refractivity (Wildman–Crippen MR) is 131 cm³/mol. The van der Waals surface area contributed by atoms with Crippen LogP contribution in [-0.4, -0.2) is 19.7 Å². The highest BCUT2D eigenvalue weighted by Gasteiger charge is 2.14. The van der Waals surface area contributed by atoms with Gasteiger partial charge in [-0.2, -0.15) is 0 Å². The minimum atomic E-state index is 0.467. The number of pyridine rings is 1. The minimum absolute atomic E-state index is 0.467. The summed E-state index contributed by atoms with van der Waals surface area (Å²) in [5.74, 6) is 1.66. The summed E-state index contributed by atoms with van der Waals surface area (Å²) < 4.78 is 6.67. The summed E-state index contributed by atoms with van der Waals surface area (Å²) in [4.78, 5) is 8.48. The summed E-state index contributed by atoms with van der Waals surface area (Å²) in [5.41, 5.74) is 2.35. The van der Waals surface area contributed by atoms with Gasteiger partial charge < -0.3 is 9.09 Å².